The van der Waals surface area contributed by atoms with Gasteiger partial charge >= 0.3 is 0 Å². The second-order valence-corrected chi connectivity index (χ2v) is 6.40. The van der Waals surface area contributed by atoms with Gasteiger partial charge in [-0.2, -0.15) is 0 Å². The summed E-state index contributed by atoms with van der Waals surface area (Å²) < 4.78 is 0. The van der Waals surface area contributed by atoms with E-state index in [4.69, 9.17) is 39.8 Å². The molecule has 22 heavy (non-hydrogen) atoms. The first-order valence-electron chi connectivity index (χ1n) is 7.00. The highest BCUT2D eigenvalue weighted by molar-refractivity contribution is 6.36. The molecule has 0 aromatic heterocycles. The third-order valence-electron chi connectivity index (χ3n) is 3.91. The molecule has 0 spiro atoms. The van der Waals surface area contributed by atoms with Crippen LogP contribution < -0.4 is 4.90 Å². The van der Waals surface area contributed by atoms with Crippen LogP contribution in [-0.4, -0.2) is 31.2 Å². The van der Waals surface area contributed by atoms with Crippen LogP contribution in [0.15, 0.2) is 47.5 Å². The van der Waals surface area contributed by atoms with Gasteiger partial charge < -0.3 is 4.90 Å². The number of anilines is 1. The minimum atomic E-state index is 0.140. The molecule has 114 valence electrons. The van der Waals surface area contributed by atoms with E-state index in [0.717, 1.165) is 22.5 Å². The van der Waals surface area contributed by atoms with Crippen molar-refractivity contribution in [2.45, 2.75) is 6.04 Å². The van der Waals surface area contributed by atoms with Crippen molar-refractivity contribution >= 4 is 46.2 Å². The number of likely N-dealkylation sites (N-methyl/N-ethyl adjacent to an activating group) is 1. The van der Waals surface area contributed by atoms with E-state index in [1.54, 1.807) is 0 Å². The maximum atomic E-state index is 6.37. The van der Waals surface area contributed by atoms with E-state index >= 15 is 0 Å². The van der Waals surface area contributed by atoms with Crippen molar-refractivity contribution in [3.8, 4) is 0 Å². The monoisotopic (exact) mass is 352 g/mol. The fraction of sp³-hybridized carbons (Fsp3) is 0.235. The minimum absolute atomic E-state index is 0.140. The summed E-state index contributed by atoms with van der Waals surface area (Å²) in [6.45, 7) is 0.618. The van der Waals surface area contributed by atoms with E-state index in [1.807, 2.05) is 49.5 Å². The molecule has 0 bridgehead atoms. The molecule has 0 N–H and O–H groups in total. The van der Waals surface area contributed by atoms with Gasteiger partial charge in [0, 0.05) is 39.8 Å². The molecule has 0 saturated carbocycles. The zero-order valence-corrected chi connectivity index (χ0v) is 14.3. The van der Waals surface area contributed by atoms with Gasteiger partial charge in [-0.1, -0.05) is 41.4 Å². The second-order valence-electron chi connectivity index (χ2n) is 5.25. The molecule has 0 fully saturated rings. The number of fused-ring (bicyclic) bond motifs is 1. The number of benzodiazepines with no additional fused rings is 1. The number of hydrogen-bond acceptors (Lipinski definition) is 2. The maximum Gasteiger partial charge on any atom is 0.0756 e. The Hall–Kier alpha value is -1.22. The van der Waals surface area contributed by atoms with Crippen molar-refractivity contribution in [1.29, 1.82) is 0 Å². The molecule has 1 heterocycles. The predicted molar refractivity (Wildman–Crippen MR) is 96.3 cm³/mol. The number of alkyl halides is 1. The molecular formula is C17H15Cl3N2. The first-order chi connectivity index (χ1) is 10.6. The average Bonchev–Trinajstić information content (AvgIpc) is 2.65. The summed E-state index contributed by atoms with van der Waals surface area (Å²) in [6, 6.07) is 13.7. The van der Waals surface area contributed by atoms with Crippen molar-refractivity contribution in [2.75, 3.05) is 24.4 Å². The zero-order valence-electron chi connectivity index (χ0n) is 12.1. The highest BCUT2D eigenvalue weighted by Crippen LogP contribution is 2.32. The lowest BCUT2D eigenvalue weighted by molar-refractivity contribution is 0.708. The second kappa shape index (κ2) is 6.49. The van der Waals surface area contributed by atoms with Gasteiger partial charge in [0.2, 0.25) is 0 Å². The van der Waals surface area contributed by atoms with Crippen molar-refractivity contribution < 1.29 is 0 Å². The zero-order chi connectivity index (χ0) is 15.7. The van der Waals surface area contributed by atoms with Crippen LogP contribution in [0.25, 0.3) is 0 Å². The number of nitrogens with zero attached hydrogens (tertiary/aromatic N) is 2. The normalized spacial score (nSPS) is 17.7. The van der Waals surface area contributed by atoms with E-state index in [9.17, 15) is 0 Å². The molecule has 2 aromatic carbocycles. The smallest absolute Gasteiger partial charge is 0.0756 e. The van der Waals surface area contributed by atoms with Crippen LogP contribution >= 0.6 is 34.8 Å². The summed E-state index contributed by atoms with van der Waals surface area (Å²) in [6.07, 6.45) is 0. The predicted octanol–water partition coefficient (Wildman–Crippen LogP) is 4.89. The van der Waals surface area contributed by atoms with Crippen molar-refractivity contribution in [2.24, 2.45) is 4.99 Å². The Morgan fingerprint density at radius 2 is 1.91 bits per heavy atom. The van der Waals surface area contributed by atoms with Crippen LogP contribution in [0.1, 0.15) is 11.1 Å². The quantitative estimate of drug-likeness (QED) is 0.702. The Balaban J connectivity index is 2.22. The Bertz CT molecular complexity index is 728. The van der Waals surface area contributed by atoms with E-state index in [0.29, 0.717) is 22.5 Å². The summed E-state index contributed by atoms with van der Waals surface area (Å²) >= 11 is 18.7. The number of hydrogen-bond donors (Lipinski definition) is 0. The van der Waals surface area contributed by atoms with Crippen molar-refractivity contribution in [3.63, 3.8) is 0 Å². The lowest BCUT2D eigenvalue weighted by Gasteiger charge is -2.27. The summed E-state index contributed by atoms with van der Waals surface area (Å²) in [5.74, 6) is 0.512. The van der Waals surface area contributed by atoms with Crippen molar-refractivity contribution in [1.82, 2.24) is 0 Å². The van der Waals surface area contributed by atoms with E-state index in [2.05, 4.69) is 4.90 Å². The molecule has 0 radical (unpaired) electrons. The van der Waals surface area contributed by atoms with Gasteiger partial charge in [-0.05, 0) is 24.3 Å². The fourth-order valence-electron chi connectivity index (χ4n) is 2.64. The molecule has 5 heteroatoms. The van der Waals surface area contributed by atoms with Gasteiger partial charge in [-0.25, -0.2) is 0 Å². The van der Waals surface area contributed by atoms with E-state index in [1.165, 1.54) is 0 Å². The topological polar surface area (TPSA) is 15.6 Å². The van der Waals surface area contributed by atoms with E-state index in [-0.39, 0.29) is 6.04 Å². The molecule has 0 amide bonds. The molecule has 2 aromatic rings. The standard InChI is InChI=1S/C17H15Cl3N2/c1-22-12(9-18)10-21-17(13-4-2-3-5-15(13)20)14-8-11(19)6-7-16(14)22/h2-8,12H,9-10H2,1H3. The number of benzene rings is 2. The Morgan fingerprint density at radius 1 is 1.14 bits per heavy atom. The maximum absolute atomic E-state index is 6.37. The highest BCUT2D eigenvalue weighted by atomic mass is 35.5. The molecule has 1 unspecified atom stereocenters. The van der Waals surface area contributed by atoms with Crippen LogP contribution in [0.2, 0.25) is 10.0 Å². The molecule has 0 aliphatic carbocycles. The number of rotatable bonds is 2. The Labute approximate surface area is 145 Å². The molecular weight excluding hydrogens is 339 g/mol. The molecule has 1 aliphatic heterocycles. The van der Waals surface area contributed by atoms with Gasteiger partial charge in [0.15, 0.2) is 0 Å². The largest absolute Gasteiger partial charge is 0.368 e. The van der Waals surface area contributed by atoms with Gasteiger partial charge in [-0.15, -0.1) is 11.6 Å². The van der Waals surface area contributed by atoms with Gasteiger partial charge in [0.25, 0.3) is 0 Å². The van der Waals surface area contributed by atoms with E-state index < -0.39 is 0 Å². The van der Waals surface area contributed by atoms with Gasteiger partial charge in [0.1, 0.15) is 0 Å². The first kappa shape index (κ1) is 15.7. The molecule has 3 rings (SSSR count). The molecule has 1 atom stereocenters. The number of halogens is 3. The van der Waals surface area contributed by atoms with Gasteiger partial charge in [0.05, 0.1) is 18.3 Å². The van der Waals surface area contributed by atoms with Crippen LogP contribution in [0, 0.1) is 0 Å². The summed E-state index contributed by atoms with van der Waals surface area (Å²) in [5.41, 5.74) is 3.82. The molecule has 1 aliphatic rings. The van der Waals surface area contributed by atoms with Crippen LogP contribution in [0.5, 0.6) is 0 Å². The van der Waals surface area contributed by atoms with Crippen LogP contribution in [0.4, 0.5) is 5.69 Å². The van der Waals surface area contributed by atoms with Crippen LogP contribution in [-0.2, 0) is 0 Å². The minimum Gasteiger partial charge on any atom is -0.368 e. The summed E-state index contributed by atoms with van der Waals surface area (Å²) in [5, 5.41) is 1.36. The third-order valence-corrected chi connectivity index (χ3v) is 4.83. The highest BCUT2D eigenvalue weighted by Gasteiger charge is 2.24. The lowest BCUT2D eigenvalue weighted by atomic mass is 10.00. The van der Waals surface area contributed by atoms with Crippen LogP contribution in [0.3, 0.4) is 0 Å². The number of aliphatic imine (C=N–C) groups is 1. The van der Waals surface area contributed by atoms with Gasteiger partial charge in [-0.3, -0.25) is 4.99 Å². The lowest BCUT2D eigenvalue weighted by Crippen LogP contribution is -2.35. The Kier molecular flexibility index (Phi) is 4.62. The Morgan fingerprint density at radius 3 is 2.64 bits per heavy atom. The van der Waals surface area contributed by atoms with Crippen molar-refractivity contribution in [3.05, 3.63) is 63.6 Å². The molecule has 0 saturated heterocycles. The SMILES string of the molecule is CN1c2ccc(Cl)cc2C(c2ccccc2Cl)=NCC1CCl. The molecule has 2 nitrogen and oxygen atoms in total. The average molecular weight is 354 g/mol. The fourth-order valence-corrected chi connectivity index (χ4v) is 3.34. The summed E-state index contributed by atoms with van der Waals surface area (Å²) in [7, 11) is 2.03. The summed E-state index contributed by atoms with van der Waals surface area (Å²) in [4.78, 5) is 6.95. The third kappa shape index (κ3) is 2.83. The first-order valence-corrected chi connectivity index (χ1v) is 8.29.